The van der Waals surface area contributed by atoms with E-state index in [1.54, 1.807) is 11.7 Å². The largest absolute Gasteiger partial charge is 0.497 e. The minimum atomic E-state index is -0.206. The van der Waals surface area contributed by atoms with Crippen LogP contribution in [0.4, 0.5) is 0 Å². The number of piperidine rings is 1. The number of nitrogens with one attached hydrogen (secondary N) is 1. The van der Waals surface area contributed by atoms with Gasteiger partial charge in [-0.15, -0.1) is 11.3 Å². The Morgan fingerprint density at radius 2 is 2.00 bits per heavy atom. The standard InChI is InChI=1S/C20H22N4O3S/c1-27-16-6-4-14(5-7-16)13-24-18(21-22-20(24)26)15-8-10-23(11-9-15)19(25)17-3-2-12-28-17/h2-7,12,15H,8-11,13H2,1H3,(H,22,26). The highest BCUT2D eigenvalue weighted by atomic mass is 32.1. The summed E-state index contributed by atoms with van der Waals surface area (Å²) in [6.07, 6.45) is 1.59. The molecule has 146 valence electrons. The van der Waals surface area contributed by atoms with Gasteiger partial charge in [0, 0.05) is 19.0 Å². The quantitative estimate of drug-likeness (QED) is 0.717. The zero-order chi connectivity index (χ0) is 19.5. The van der Waals surface area contributed by atoms with Gasteiger partial charge in [0.25, 0.3) is 5.91 Å². The number of nitrogens with zero attached hydrogens (tertiary/aromatic N) is 3. The van der Waals surface area contributed by atoms with E-state index in [1.807, 2.05) is 46.7 Å². The number of hydrogen-bond donors (Lipinski definition) is 1. The SMILES string of the molecule is COc1ccc(Cn2c(C3CCN(C(=O)c4cccs4)CC3)n[nH]c2=O)cc1. The van der Waals surface area contributed by atoms with E-state index in [2.05, 4.69) is 10.2 Å². The zero-order valence-electron chi connectivity index (χ0n) is 15.6. The number of H-pyrrole nitrogens is 1. The average molecular weight is 398 g/mol. The molecule has 0 aliphatic carbocycles. The van der Waals surface area contributed by atoms with Gasteiger partial charge < -0.3 is 9.64 Å². The lowest BCUT2D eigenvalue weighted by Gasteiger charge is -2.31. The minimum absolute atomic E-state index is 0.0890. The summed E-state index contributed by atoms with van der Waals surface area (Å²) < 4.78 is 6.88. The normalized spacial score (nSPS) is 15.0. The van der Waals surface area contributed by atoms with Crippen LogP contribution in [0.25, 0.3) is 0 Å². The van der Waals surface area contributed by atoms with Gasteiger partial charge in [-0.05, 0) is 42.0 Å². The first kappa shape index (κ1) is 18.5. The number of benzene rings is 1. The fourth-order valence-corrected chi connectivity index (χ4v) is 4.30. The van der Waals surface area contributed by atoms with E-state index >= 15 is 0 Å². The highest BCUT2D eigenvalue weighted by Crippen LogP contribution is 2.27. The van der Waals surface area contributed by atoms with E-state index in [0.717, 1.165) is 34.9 Å². The molecule has 4 rings (SSSR count). The summed E-state index contributed by atoms with van der Waals surface area (Å²) >= 11 is 1.47. The van der Waals surface area contributed by atoms with Gasteiger partial charge in [-0.2, -0.15) is 5.10 Å². The Hall–Kier alpha value is -2.87. The van der Waals surface area contributed by atoms with E-state index < -0.39 is 0 Å². The van der Waals surface area contributed by atoms with Crippen molar-refractivity contribution in [3.05, 3.63) is 68.5 Å². The lowest BCUT2D eigenvalue weighted by atomic mass is 9.95. The first-order chi connectivity index (χ1) is 13.7. The predicted octanol–water partition coefficient (Wildman–Crippen LogP) is 2.71. The average Bonchev–Trinajstić information content (AvgIpc) is 3.39. The molecule has 0 bridgehead atoms. The lowest BCUT2D eigenvalue weighted by molar-refractivity contribution is 0.0715. The van der Waals surface area contributed by atoms with Crippen LogP contribution in [0.3, 0.4) is 0 Å². The first-order valence-corrected chi connectivity index (χ1v) is 10.1. The Balaban J connectivity index is 1.45. The molecule has 0 saturated carbocycles. The van der Waals surface area contributed by atoms with Gasteiger partial charge in [0.15, 0.2) is 0 Å². The van der Waals surface area contributed by atoms with Crippen LogP contribution in [0.5, 0.6) is 5.75 Å². The first-order valence-electron chi connectivity index (χ1n) is 9.26. The van der Waals surface area contributed by atoms with Crippen molar-refractivity contribution in [1.82, 2.24) is 19.7 Å². The number of hydrogen-bond acceptors (Lipinski definition) is 5. The second kappa shape index (κ2) is 8.02. The molecule has 1 aromatic carbocycles. The molecule has 0 spiro atoms. The Morgan fingerprint density at radius 3 is 2.64 bits per heavy atom. The molecule has 1 saturated heterocycles. The zero-order valence-corrected chi connectivity index (χ0v) is 16.4. The Kier molecular flexibility index (Phi) is 5.29. The molecular weight excluding hydrogens is 376 g/mol. The number of methoxy groups -OCH3 is 1. The fraction of sp³-hybridized carbons (Fsp3) is 0.350. The highest BCUT2D eigenvalue weighted by Gasteiger charge is 2.28. The van der Waals surface area contributed by atoms with Crippen molar-refractivity contribution in [2.75, 3.05) is 20.2 Å². The van der Waals surface area contributed by atoms with E-state index in [0.29, 0.717) is 19.6 Å². The van der Waals surface area contributed by atoms with Crippen LogP contribution in [0.2, 0.25) is 0 Å². The van der Waals surface area contributed by atoms with Crippen molar-refractivity contribution >= 4 is 17.2 Å². The molecular formula is C20H22N4O3S. The minimum Gasteiger partial charge on any atom is -0.497 e. The van der Waals surface area contributed by atoms with E-state index in [1.165, 1.54) is 11.3 Å². The van der Waals surface area contributed by atoms with Crippen molar-refractivity contribution in [3.63, 3.8) is 0 Å². The molecule has 1 N–H and O–H groups in total. The Morgan fingerprint density at radius 1 is 1.25 bits per heavy atom. The van der Waals surface area contributed by atoms with E-state index in [-0.39, 0.29) is 17.5 Å². The van der Waals surface area contributed by atoms with Crippen LogP contribution in [-0.2, 0) is 6.54 Å². The van der Waals surface area contributed by atoms with E-state index in [4.69, 9.17) is 4.74 Å². The molecule has 8 heteroatoms. The van der Waals surface area contributed by atoms with Crippen molar-refractivity contribution in [2.45, 2.75) is 25.3 Å². The summed E-state index contributed by atoms with van der Waals surface area (Å²) in [5.74, 6) is 1.80. The van der Waals surface area contributed by atoms with Crippen LogP contribution < -0.4 is 10.4 Å². The predicted molar refractivity (Wildman–Crippen MR) is 107 cm³/mol. The highest BCUT2D eigenvalue weighted by molar-refractivity contribution is 7.12. The fourth-order valence-electron chi connectivity index (χ4n) is 3.60. The summed E-state index contributed by atoms with van der Waals surface area (Å²) in [5.41, 5.74) is 0.804. The molecule has 1 fully saturated rings. The molecule has 1 aliphatic rings. The summed E-state index contributed by atoms with van der Waals surface area (Å²) in [4.78, 5) is 27.5. The molecule has 1 amide bonds. The van der Waals surface area contributed by atoms with Crippen molar-refractivity contribution in [2.24, 2.45) is 0 Å². The van der Waals surface area contributed by atoms with E-state index in [9.17, 15) is 9.59 Å². The second-order valence-corrected chi connectivity index (χ2v) is 7.81. The molecule has 28 heavy (non-hydrogen) atoms. The van der Waals surface area contributed by atoms with Gasteiger partial charge >= 0.3 is 5.69 Å². The van der Waals surface area contributed by atoms with Crippen LogP contribution >= 0.6 is 11.3 Å². The molecule has 7 nitrogen and oxygen atoms in total. The van der Waals surface area contributed by atoms with Gasteiger partial charge in [-0.1, -0.05) is 18.2 Å². The third-order valence-electron chi connectivity index (χ3n) is 5.17. The maximum atomic E-state index is 12.5. The van der Waals surface area contributed by atoms with Gasteiger partial charge in [0.1, 0.15) is 11.6 Å². The Bertz CT molecular complexity index is 983. The molecule has 3 heterocycles. The number of thiophene rings is 1. The number of carbonyl (C=O) groups is 1. The number of aromatic amines is 1. The molecule has 0 radical (unpaired) electrons. The summed E-state index contributed by atoms with van der Waals surface area (Å²) in [6.45, 7) is 1.80. The Labute approximate surface area is 166 Å². The molecule has 2 aromatic heterocycles. The molecule has 3 aromatic rings. The van der Waals surface area contributed by atoms with Crippen LogP contribution in [-0.4, -0.2) is 45.8 Å². The van der Waals surface area contributed by atoms with Crippen LogP contribution in [0.15, 0.2) is 46.6 Å². The maximum absolute atomic E-state index is 12.5. The van der Waals surface area contributed by atoms with Gasteiger partial charge in [-0.25, -0.2) is 9.89 Å². The van der Waals surface area contributed by atoms with Crippen molar-refractivity contribution in [1.29, 1.82) is 0 Å². The summed E-state index contributed by atoms with van der Waals surface area (Å²) in [5, 5.41) is 8.79. The van der Waals surface area contributed by atoms with Gasteiger partial charge in [-0.3, -0.25) is 9.36 Å². The van der Waals surface area contributed by atoms with Crippen molar-refractivity contribution < 1.29 is 9.53 Å². The molecule has 0 unspecified atom stereocenters. The number of amides is 1. The number of aromatic nitrogens is 3. The summed E-state index contributed by atoms with van der Waals surface area (Å²) in [7, 11) is 1.63. The second-order valence-electron chi connectivity index (χ2n) is 6.86. The third kappa shape index (κ3) is 3.73. The lowest BCUT2D eigenvalue weighted by Crippen LogP contribution is -2.38. The monoisotopic (exact) mass is 398 g/mol. The number of carbonyl (C=O) groups excluding carboxylic acids is 1. The smallest absolute Gasteiger partial charge is 0.343 e. The molecule has 1 aliphatic heterocycles. The van der Waals surface area contributed by atoms with Gasteiger partial charge in [0.05, 0.1) is 18.5 Å². The topological polar surface area (TPSA) is 80.2 Å². The summed E-state index contributed by atoms with van der Waals surface area (Å²) in [6, 6.07) is 11.4. The number of ether oxygens (including phenoxy) is 1. The number of likely N-dealkylation sites (tertiary alicyclic amines) is 1. The number of rotatable bonds is 5. The van der Waals surface area contributed by atoms with Crippen molar-refractivity contribution in [3.8, 4) is 5.75 Å². The van der Waals surface area contributed by atoms with Crippen LogP contribution in [0, 0.1) is 0 Å². The van der Waals surface area contributed by atoms with Gasteiger partial charge in [0.2, 0.25) is 0 Å². The van der Waals surface area contributed by atoms with Crippen LogP contribution in [0.1, 0.15) is 39.8 Å². The third-order valence-corrected chi connectivity index (χ3v) is 6.02. The maximum Gasteiger partial charge on any atom is 0.343 e. The molecule has 0 atom stereocenters.